The summed E-state index contributed by atoms with van der Waals surface area (Å²) in [7, 11) is -4.99. The summed E-state index contributed by atoms with van der Waals surface area (Å²) in [6, 6.07) is 26.8. The van der Waals surface area contributed by atoms with Crippen LogP contribution in [0.25, 0.3) is 0 Å². The van der Waals surface area contributed by atoms with E-state index in [-0.39, 0.29) is 26.4 Å². The molecule has 3 aliphatic heterocycles. The predicted molar refractivity (Wildman–Crippen MR) is 199 cm³/mol. The Balaban J connectivity index is 1.38. The van der Waals surface area contributed by atoms with Gasteiger partial charge in [-0.3, -0.25) is 14.1 Å². The van der Waals surface area contributed by atoms with Crippen molar-refractivity contribution in [1.82, 2.24) is 5.32 Å². The van der Waals surface area contributed by atoms with E-state index in [9.17, 15) is 22.6 Å². The van der Waals surface area contributed by atoms with Crippen LogP contribution < -0.4 is 5.32 Å². The molecule has 3 fully saturated rings. The van der Waals surface area contributed by atoms with Crippen molar-refractivity contribution in [2.75, 3.05) is 19.8 Å². The minimum absolute atomic E-state index is 0.0278. The number of amides is 1. The summed E-state index contributed by atoms with van der Waals surface area (Å²) in [5.74, 6) is -1.16. The van der Waals surface area contributed by atoms with Crippen molar-refractivity contribution < 1.29 is 69.4 Å². The maximum Gasteiger partial charge on any atom is 0.397 e. The second kappa shape index (κ2) is 20.0. The molecule has 3 heterocycles. The van der Waals surface area contributed by atoms with Crippen molar-refractivity contribution in [2.45, 2.75) is 94.7 Å². The van der Waals surface area contributed by atoms with Gasteiger partial charge in [-0.25, -0.2) is 4.18 Å². The van der Waals surface area contributed by atoms with Gasteiger partial charge in [0.1, 0.15) is 42.7 Å². The van der Waals surface area contributed by atoms with Crippen LogP contribution in [0.3, 0.4) is 0 Å². The average Bonchev–Trinajstić information content (AvgIpc) is 3.19. The highest BCUT2D eigenvalue weighted by Crippen LogP contribution is 2.38. The molecule has 8 unspecified atom stereocenters. The maximum atomic E-state index is 12.9. The van der Waals surface area contributed by atoms with Crippen LogP contribution in [0.2, 0.25) is 0 Å². The lowest BCUT2D eigenvalue weighted by atomic mass is 9.94. The Labute approximate surface area is 331 Å². The molecule has 3 aromatic carbocycles. The molecule has 16 nitrogen and oxygen atoms in total. The lowest BCUT2D eigenvalue weighted by molar-refractivity contribution is -0.376. The van der Waals surface area contributed by atoms with E-state index in [2.05, 4.69) is 11.9 Å². The fourth-order valence-electron chi connectivity index (χ4n) is 6.88. The fraction of sp³-hybridized carbons (Fsp3) is 0.450. The highest BCUT2D eigenvalue weighted by Gasteiger charge is 2.56. The van der Waals surface area contributed by atoms with Gasteiger partial charge in [-0.2, -0.15) is 8.42 Å². The van der Waals surface area contributed by atoms with Crippen molar-refractivity contribution in [3.63, 3.8) is 0 Å². The van der Waals surface area contributed by atoms with Crippen LogP contribution in [0.1, 0.15) is 36.8 Å². The van der Waals surface area contributed by atoms with E-state index < -0.39 is 96.5 Å². The van der Waals surface area contributed by atoms with Gasteiger partial charge in [0.05, 0.1) is 33.0 Å². The zero-order chi connectivity index (χ0) is 40.4. The molecule has 0 saturated carbocycles. The van der Waals surface area contributed by atoms with E-state index in [1.54, 1.807) is 0 Å². The smallest absolute Gasteiger partial charge is 0.397 e. The van der Waals surface area contributed by atoms with Crippen molar-refractivity contribution in [3.8, 4) is 0 Å². The Morgan fingerprint density at radius 2 is 1.42 bits per heavy atom. The molecule has 57 heavy (non-hydrogen) atoms. The number of hydrogen-bond donors (Lipinski definition) is 2. The molecule has 0 aromatic heterocycles. The summed E-state index contributed by atoms with van der Waals surface area (Å²) in [5, 5.41) is 2.91. The lowest BCUT2D eigenvalue weighted by Gasteiger charge is -2.51. The number of carbonyl (C=O) groups is 2. The van der Waals surface area contributed by atoms with Gasteiger partial charge in [-0.15, -0.1) is 6.58 Å². The predicted octanol–water partition coefficient (Wildman–Crippen LogP) is 3.56. The summed E-state index contributed by atoms with van der Waals surface area (Å²) >= 11 is 0. The normalized spacial score (nSPS) is 30.1. The van der Waals surface area contributed by atoms with Gasteiger partial charge in [-0.1, -0.05) is 97.1 Å². The summed E-state index contributed by atoms with van der Waals surface area (Å²) in [5.41, 5.74) is 2.35. The number of nitrogens with one attached hydrogen (secondary N) is 1. The number of esters is 1. The Hall–Kier alpha value is -4.11. The average molecular weight is 814 g/mol. The first-order valence-electron chi connectivity index (χ1n) is 18.4. The topological polar surface area (TPSA) is 193 Å². The van der Waals surface area contributed by atoms with Gasteiger partial charge in [0.2, 0.25) is 5.91 Å². The molecule has 3 aromatic rings. The lowest BCUT2D eigenvalue weighted by Crippen LogP contribution is -2.69. The summed E-state index contributed by atoms with van der Waals surface area (Å²) < 4.78 is 94.9. The summed E-state index contributed by atoms with van der Waals surface area (Å²) in [6.07, 6.45) is -9.88. The van der Waals surface area contributed by atoms with E-state index in [4.69, 9.17) is 46.8 Å². The first-order valence-corrected chi connectivity index (χ1v) is 19.7. The van der Waals surface area contributed by atoms with Crippen molar-refractivity contribution >= 4 is 22.3 Å². The number of fused-ring (bicyclic) bond motifs is 1. The van der Waals surface area contributed by atoms with Gasteiger partial charge < -0.3 is 47.9 Å². The molecule has 0 aliphatic carbocycles. The van der Waals surface area contributed by atoms with Crippen LogP contribution in [0.15, 0.2) is 104 Å². The Kier molecular flexibility index (Phi) is 14.9. The molecule has 6 rings (SSSR count). The largest absolute Gasteiger partial charge is 0.454 e. The SMILES string of the molecule is C=CCO[C@@H]1OC(COS(=O)(=O)O)C(O[C@@H]2OC3COC(c4ccccc4)O[C@@H]3C(OCc3ccccc3)C2NC(C)=O)C(OCc2ccccc2)C1OC(C)=O. The Morgan fingerprint density at radius 1 is 0.807 bits per heavy atom. The van der Waals surface area contributed by atoms with Crippen LogP contribution in [0.4, 0.5) is 0 Å². The van der Waals surface area contributed by atoms with Crippen molar-refractivity contribution in [1.29, 1.82) is 0 Å². The third kappa shape index (κ3) is 11.7. The van der Waals surface area contributed by atoms with E-state index in [0.717, 1.165) is 16.7 Å². The minimum Gasteiger partial charge on any atom is -0.454 e. The van der Waals surface area contributed by atoms with Crippen molar-refractivity contribution in [3.05, 3.63) is 120 Å². The molecule has 2 N–H and O–H groups in total. The third-order valence-electron chi connectivity index (χ3n) is 9.30. The fourth-order valence-corrected chi connectivity index (χ4v) is 7.18. The van der Waals surface area contributed by atoms with Crippen LogP contribution >= 0.6 is 0 Å². The number of rotatable bonds is 17. The van der Waals surface area contributed by atoms with Crippen molar-refractivity contribution in [2.24, 2.45) is 0 Å². The van der Waals surface area contributed by atoms with Gasteiger partial charge in [0, 0.05) is 19.4 Å². The second-order valence-electron chi connectivity index (χ2n) is 13.5. The van der Waals surface area contributed by atoms with Gasteiger partial charge >= 0.3 is 16.4 Å². The van der Waals surface area contributed by atoms with Crippen LogP contribution in [-0.4, -0.2) is 106 Å². The van der Waals surface area contributed by atoms with E-state index in [0.29, 0.717) is 0 Å². The molecule has 17 heteroatoms. The van der Waals surface area contributed by atoms with Gasteiger partial charge in [0.15, 0.2) is 25.0 Å². The molecular weight excluding hydrogens is 766 g/mol. The zero-order valence-electron chi connectivity index (χ0n) is 31.4. The highest BCUT2D eigenvalue weighted by molar-refractivity contribution is 7.80. The number of ether oxygens (including phenoxy) is 9. The number of carbonyl (C=O) groups excluding carboxylic acids is 2. The summed E-state index contributed by atoms with van der Waals surface area (Å²) in [4.78, 5) is 25.5. The van der Waals surface area contributed by atoms with E-state index in [1.807, 2.05) is 91.0 Å². The summed E-state index contributed by atoms with van der Waals surface area (Å²) in [6.45, 7) is 5.45. The van der Waals surface area contributed by atoms with E-state index in [1.165, 1.54) is 19.9 Å². The highest BCUT2D eigenvalue weighted by atomic mass is 32.3. The second-order valence-corrected chi connectivity index (χ2v) is 14.6. The first kappa shape index (κ1) is 42.5. The molecule has 0 bridgehead atoms. The quantitative estimate of drug-likeness (QED) is 0.114. The molecule has 0 spiro atoms. The molecule has 3 aliphatic rings. The molecule has 0 radical (unpaired) electrons. The van der Waals surface area contributed by atoms with Gasteiger partial charge in [-0.05, 0) is 11.1 Å². The monoisotopic (exact) mass is 813 g/mol. The Morgan fingerprint density at radius 3 is 2.00 bits per heavy atom. The zero-order valence-corrected chi connectivity index (χ0v) is 32.2. The van der Waals surface area contributed by atoms with Gasteiger partial charge in [0.25, 0.3) is 0 Å². The Bertz CT molecular complexity index is 1850. The standard InChI is InChI=1S/C40H47NO15S/c1-4-20-47-40-37(52-26(3)43)36(49-22-28-16-10-6-11-17-28)34(31(54-40)24-51-57(44,45)46)56-39-32(41-25(2)42)35(48-21-27-14-8-5-9-15-27)33-30(53-39)23-50-38(55-33)29-18-12-7-13-19-29/h4-19,30-40H,1,20-24H2,2-3H3,(H,41,42)(H,44,45,46)/t30?,31?,32?,33-,34?,35?,36?,37?,38?,39-,40+/m0/s1. The molecule has 308 valence electrons. The maximum absolute atomic E-state index is 12.9. The molecule has 11 atom stereocenters. The molecule has 3 saturated heterocycles. The van der Waals surface area contributed by atoms with E-state index >= 15 is 0 Å². The third-order valence-corrected chi connectivity index (χ3v) is 9.73. The number of benzene rings is 3. The van der Waals surface area contributed by atoms with Crippen LogP contribution in [0.5, 0.6) is 0 Å². The first-order chi connectivity index (χ1) is 27.5. The minimum atomic E-state index is -4.99. The number of hydrogen-bond acceptors (Lipinski definition) is 14. The molecular formula is C40H47NO15S. The molecule has 1 amide bonds. The van der Waals surface area contributed by atoms with Crippen LogP contribution in [0, 0.1) is 0 Å². The van der Waals surface area contributed by atoms with Crippen LogP contribution in [-0.2, 0) is 80.0 Å².